The van der Waals surface area contributed by atoms with Gasteiger partial charge in [0.15, 0.2) is 0 Å². The summed E-state index contributed by atoms with van der Waals surface area (Å²) in [6.45, 7) is 8.09. The predicted molar refractivity (Wildman–Crippen MR) is 56.6 cm³/mol. The first-order valence-corrected chi connectivity index (χ1v) is 5.46. The van der Waals surface area contributed by atoms with E-state index in [-0.39, 0.29) is 6.10 Å². The molecule has 0 aromatic heterocycles. The Bertz CT molecular complexity index is 174. The van der Waals surface area contributed by atoms with Gasteiger partial charge in [-0.2, -0.15) is 0 Å². The van der Waals surface area contributed by atoms with Crippen LogP contribution in [0.4, 0.5) is 0 Å². The highest BCUT2D eigenvalue weighted by Crippen LogP contribution is 2.36. The Morgan fingerprint density at radius 2 is 2.23 bits per heavy atom. The van der Waals surface area contributed by atoms with E-state index in [1.807, 2.05) is 6.92 Å². The molecule has 0 heterocycles. The highest BCUT2D eigenvalue weighted by atomic mass is 16.3. The van der Waals surface area contributed by atoms with E-state index in [0.29, 0.717) is 5.92 Å². The second kappa shape index (κ2) is 4.80. The van der Waals surface area contributed by atoms with Gasteiger partial charge in [-0.25, -0.2) is 0 Å². The predicted octanol–water partition coefficient (Wildman–Crippen LogP) is 3.14. The molecule has 1 saturated carbocycles. The molecule has 0 spiro atoms. The highest BCUT2D eigenvalue weighted by Gasteiger charge is 2.28. The van der Waals surface area contributed by atoms with Crippen molar-refractivity contribution in [2.75, 3.05) is 0 Å². The minimum absolute atomic E-state index is 0.131. The summed E-state index contributed by atoms with van der Waals surface area (Å²) in [5, 5.41) is 9.87. The van der Waals surface area contributed by atoms with Gasteiger partial charge < -0.3 is 5.11 Å². The third-order valence-electron chi connectivity index (χ3n) is 3.26. The molecule has 1 rings (SSSR count). The van der Waals surface area contributed by atoms with Crippen LogP contribution in [0.2, 0.25) is 0 Å². The molecule has 1 heteroatoms. The van der Waals surface area contributed by atoms with Crippen molar-refractivity contribution < 1.29 is 5.11 Å². The number of hydrogen-bond donors (Lipinski definition) is 1. The summed E-state index contributed by atoms with van der Waals surface area (Å²) >= 11 is 0. The van der Waals surface area contributed by atoms with Crippen molar-refractivity contribution in [3.05, 3.63) is 12.2 Å². The van der Waals surface area contributed by atoms with E-state index in [1.54, 1.807) is 0 Å². The summed E-state index contributed by atoms with van der Waals surface area (Å²) in [6, 6.07) is 0. The number of rotatable bonds is 4. The monoisotopic (exact) mass is 182 g/mol. The van der Waals surface area contributed by atoms with Crippen molar-refractivity contribution in [1.29, 1.82) is 0 Å². The Morgan fingerprint density at radius 1 is 1.54 bits per heavy atom. The maximum Gasteiger partial charge on any atom is 0.0605 e. The smallest absolute Gasteiger partial charge is 0.0605 e. The minimum Gasteiger partial charge on any atom is -0.393 e. The second-order valence-electron chi connectivity index (χ2n) is 4.58. The molecule has 1 fully saturated rings. The molecular weight excluding hydrogens is 160 g/mol. The molecule has 3 atom stereocenters. The highest BCUT2D eigenvalue weighted by molar-refractivity contribution is 4.93. The zero-order valence-corrected chi connectivity index (χ0v) is 8.92. The van der Waals surface area contributed by atoms with E-state index in [4.69, 9.17) is 0 Å². The van der Waals surface area contributed by atoms with E-state index in [1.165, 1.54) is 25.7 Å². The molecule has 3 unspecified atom stereocenters. The van der Waals surface area contributed by atoms with Gasteiger partial charge in [0.2, 0.25) is 0 Å². The first-order chi connectivity index (χ1) is 6.13. The SMILES string of the molecule is C=C(C)CC(O)C1CCC(CC)C1. The summed E-state index contributed by atoms with van der Waals surface area (Å²) in [6.07, 6.45) is 5.69. The van der Waals surface area contributed by atoms with Gasteiger partial charge in [-0.3, -0.25) is 0 Å². The number of aliphatic hydroxyl groups is 1. The fraction of sp³-hybridized carbons (Fsp3) is 0.833. The molecule has 0 aromatic carbocycles. The van der Waals surface area contributed by atoms with E-state index in [9.17, 15) is 5.11 Å². The van der Waals surface area contributed by atoms with Crippen LogP contribution in [-0.2, 0) is 0 Å². The van der Waals surface area contributed by atoms with Crippen LogP contribution in [0.15, 0.2) is 12.2 Å². The maximum atomic E-state index is 9.87. The quantitative estimate of drug-likeness (QED) is 0.662. The molecule has 13 heavy (non-hydrogen) atoms. The van der Waals surface area contributed by atoms with E-state index in [2.05, 4.69) is 13.5 Å². The van der Waals surface area contributed by atoms with Gasteiger partial charge in [-0.15, -0.1) is 6.58 Å². The fourth-order valence-corrected chi connectivity index (χ4v) is 2.36. The van der Waals surface area contributed by atoms with Crippen LogP contribution in [-0.4, -0.2) is 11.2 Å². The largest absolute Gasteiger partial charge is 0.393 e. The van der Waals surface area contributed by atoms with Crippen molar-refractivity contribution in [3.63, 3.8) is 0 Å². The molecule has 0 radical (unpaired) electrons. The van der Waals surface area contributed by atoms with Crippen LogP contribution >= 0.6 is 0 Å². The molecule has 1 aliphatic rings. The molecule has 0 bridgehead atoms. The average molecular weight is 182 g/mol. The van der Waals surface area contributed by atoms with Gasteiger partial charge in [-0.05, 0) is 38.0 Å². The Balaban J connectivity index is 2.32. The number of aliphatic hydroxyl groups excluding tert-OH is 1. The molecule has 1 nitrogen and oxygen atoms in total. The summed E-state index contributed by atoms with van der Waals surface area (Å²) in [4.78, 5) is 0. The van der Waals surface area contributed by atoms with Crippen molar-refractivity contribution in [2.45, 2.75) is 52.1 Å². The van der Waals surface area contributed by atoms with Gasteiger partial charge in [0.05, 0.1) is 6.10 Å². The Kier molecular flexibility index (Phi) is 3.98. The van der Waals surface area contributed by atoms with Gasteiger partial charge in [0.25, 0.3) is 0 Å². The van der Waals surface area contributed by atoms with Crippen molar-refractivity contribution in [2.24, 2.45) is 11.8 Å². The molecule has 0 amide bonds. The Hall–Kier alpha value is -0.300. The molecule has 1 N–H and O–H groups in total. The van der Waals surface area contributed by atoms with Crippen molar-refractivity contribution in [3.8, 4) is 0 Å². The van der Waals surface area contributed by atoms with Gasteiger partial charge >= 0.3 is 0 Å². The molecule has 1 aliphatic carbocycles. The van der Waals surface area contributed by atoms with Crippen LogP contribution in [0, 0.1) is 11.8 Å². The molecule has 0 aliphatic heterocycles. The molecule has 0 saturated heterocycles. The standard InChI is InChI=1S/C12H22O/c1-4-10-5-6-11(8-10)12(13)7-9(2)3/h10-13H,2,4-8H2,1,3H3. The lowest BCUT2D eigenvalue weighted by molar-refractivity contribution is 0.108. The van der Waals surface area contributed by atoms with Gasteiger partial charge in [-0.1, -0.05) is 25.3 Å². The van der Waals surface area contributed by atoms with E-state index >= 15 is 0 Å². The summed E-state index contributed by atoms with van der Waals surface area (Å²) in [5.41, 5.74) is 1.10. The first-order valence-electron chi connectivity index (χ1n) is 5.46. The van der Waals surface area contributed by atoms with Crippen molar-refractivity contribution in [1.82, 2.24) is 0 Å². The van der Waals surface area contributed by atoms with Gasteiger partial charge in [0.1, 0.15) is 0 Å². The lowest BCUT2D eigenvalue weighted by Crippen LogP contribution is -2.18. The van der Waals surface area contributed by atoms with Crippen LogP contribution in [0.5, 0.6) is 0 Å². The average Bonchev–Trinajstić information content (AvgIpc) is 2.50. The summed E-state index contributed by atoms with van der Waals surface area (Å²) < 4.78 is 0. The molecular formula is C12H22O. The minimum atomic E-state index is -0.131. The van der Waals surface area contributed by atoms with Crippen LogP contribution in [0.3, 0.4) is 0 Å². The normalized spacial score (nSPS) is 30.4. The summed E-state index contributed by atoms with van der Waals surface area (Å²) in [7, 11) is 0. The third-order valence-corrected chi connectivity index (χ3v) is 3.26. The van der Waals surface area contributed by atoms with E-state index in [0.717, 1.165) is 17.9 Å². The zero-order chi connectivity index (χ0) is 9.84. The van der Waals surface area contributed by atoms with Crippen molar-refractivity contribution >= 4 is 0 Å². The molecule has 0 aromatic rings. The van der Waals surface area contributed by atoms with Gasteiger partial charge in [0, 0.05) is 0 Å². The first kappa shape index (κ1) is 10.8. The Labute approximate surface area is 81.9 Å². The van der Waals surface area contributed by atoms with Crippen LogP contribution < -0.4 is 0 Å². The van der Waals surface area contributed by atoms with E-state index < -0.39 is 0 Å². The third kappa shape index (κ3) is 3.15. The molecule has 76 valence electrons. The van der Waals surface area contributed by atoms with Crippen LogP contribution in [0.25, 0.3) is 0 Å². The second-order valence-corrected chi connectivity index (χ2v) is 4.58. The Morgan fingerprint density at radius 3 is 2.69 bits per heavy atom. The lowest BCUT2D eigenvalue weighted by Gasteiger charge is -2.18. The number of hydrogen-bond acceptors (Lipinski definition) is 1. The lowest BCUT2D eigenvalue weighted by atomic mass is 9.94. The van der Waals surface area contributed by atoms with Crippen LogP contribution in [0.1, 0.15) is 46.0 Å². The summed E-state index contributed by atoms with van der Waals surface area (Å²) in [5.74, 6) is 1.41. The maximum absolute atomic E-state index is 9.87. The topological polar surface area (TPSA) is 20.2 Å². The zero-order valence-electron chi connectivity index (χ0n) is 8.92. The fourth-order valence-electron chi connectivity index (χ4n) is 2.36.